The number of phenols is 1. The van der Waals surface area contributed by atoms with Crippen molar-refractivity contribution in [1.29, 1.82) is 0 Å². The van der Waals surface area contributed by atoms with Crippen LogP contribution in [0.5, 0.6) is 5.75 Å². The van der Waals surface area contributed by atoms with Gasteiger partial charge in [-0.1, -0.05) is 15.9 Å². The largest absolute Gasteiger partial charge is 0.507 e. The molecule has 0 saturated carbocycles. The minimum absolute atomic E-state index is 0.0226. The molecule has 0 aliphatic carbocycles. The number of rotatable bonds is 3. The van der Waals surface area contributed by atoms with Crippen molar-refractivity contribution in [2.45, 2.75) is 18.9 Å². The molecule has 2 N–H and O–H groups in total. The highest BCUT2D eigenvalue weighted by atomic mass is 79.9. The highest BCUT2D eigenvalue weighted by Crippen LogP contribution is 2.23. The van der Waals surface area contributed by atoms with Crippen LogP contribution in [0.2, 0.25) is 0 Å². The van der Waals surface area contributed by atoms with Gasteiger partial charge < -0.3 is 15.3 Å². The number of aromatic hydroxyl groups is 1. The van der Waals surface area contributed by atoms with E-state index in [-0.39, 0.29) is 11.7 Å². The van der Waals surface area contributed by atoms with Gasteiger partial charge in [-0.2, -0.15) is 0 Å². The Hall–Kier alpha value is -1.07. The third-order valence-corrected chi connectivity index (χ3v) is 3.69. The van der Waals surface area contributed by atoms with Crippen LogP contribution in [0.3, 0.4) is 0 Å². The number of likely N-dealkylation sites (N-methyl/N-ethyl adjacent to an activating group) is 1. The van der Waals surface area contributed by atoms with E-state index in [1.54, 1.807) is 24.1 Å². The Morgan fingerprint density at radius 2 is 2.39 bits per heavy atom. The monoisotopic (exact) mass is 312 g/mol. The lowest BCUT2D eigenvalue weighted by atomic mass is 10.1. The van der Waals surface area contributed by atoms with Gasteiger partial charge in [-0.15, -0.1) is 0 Å². The van der Waals surface area contributed by atoms with Gasteiger partial charge in [-0.25, -0.2) is 0 Å². The fourth-order valence-electron chi connectivity index (χ4n) is 2.21. The molecule has 0 radical (unpaired) electrons. The first-order valence-electron chi connectivity index (χ1n) is 6.05. The van der Waals surface area contributed by atoms with Crippen molar-refractivity contribution in [2.24, 2.45) is 0 Å². The van der Waals surface area contributed by atoms with Crippen molar-refractivity contribution in [1.82, 2.24) is 10.2 Å². The van der Waals surface area contributed by atoms with Crippen molar-refractivity contribution in [2.75, 3.05) is 20.1 Å². The van der Waals surface area contributed by atoms with E-state index >= 15 is 0 Å². The lowest BCUT2D eigenvalue weighted by molar-refractivity contribution is 0.0780. The molecule has 18 heavy (non-hydrogen) atoms. The van der Waals surface area contributed by atoms with E-state index in [2.05, 4.69) is 21.2 Å². The summed E-state index contributed by atoms with van der Waals surface area (Å²) >= 11 is 3.31. The second-order valence-electron chi connectivity index (χ2n) is 4.64. The maximum atomic E-state index is 12.2. The molecule has 1 aliphatic heterocycles. The summed E-state index contributed by atoms with van der Waals surface area (Å²) in [6.07, 6.45) is 2.26. The summed E-state index contributed by atoms with van der Waals surface area (Å²) in [6.45, 7) is 1.69. The predicted octanol–water partition coefficient (Wildman–Crippen LogP) is 1.98. The Balaban J connectivity index is 2.07. The zero-order valence-electron chi connectivity index (χ0n) is 10.3. The molecule has 1 heterocycles. The van der Waals surface area contributed by atoms with Crippen molar-refractivity contribution >= 4 is 21.8 Å². The number of nitrogens with one attached hydrogen (secondary N) is 1. The number of benzene rings is 1. The molecule has 98 valence electrons. The van der Waals surface area contributed by atoms with Crippen LogP contribution in [0.15, 0.2) is 22.7 Å². The normalized spacial score (nSPS) is 18.9. The van der Waals surface area contributed by atoms with Gasteiger partial charge in [0.15, 0.2) is 0 Å². The van der Waals surface area contributed by atoms with E-state index in [0.29, 0.717) is 18.2 Å². The van der Waals surface area contributed by atoms with Crippen LogP contribution in [0.4, 0.5) is 0 Å². The SMILES string of the molecule is CN(CC1CCCN1)C(=O)c1cc(Br)ccc1O. The number of hydrogen-bond donors (Lipinski definition) is 2. The third-order valence-electron chi connectivity index (χ3n) is 3.19. The van der Waals surface area contributed by atoms with Crippen LogP contribution in [0.1, 0.15) is 23.2 Å². The van der Waals surface area contributed by atoms with Crippen LogP contribution in [-0.4, -0.2) is 42.1 Å². The maximum absolute atomic E-state index is 12.2. The fraction of sp³-hybridized carbons (Fsp3) is 0.462. The number of hydrogen-bond acceptors (Lipinski definition) is 3. The summed E-state index contributed by atoms with van der Waals surface area (Å²) in [5.74, 6) is -0.128. The topological polar surface area (TPSA) is 52.6 Å². The summed E-state index contributed by atoms with van der Waals surface area (Å²) in [6, 6.07) is 5.26. The first-order valence-corrected chi connectivity index (χ1v) is 6.84. The van der Waals surface area contributed by atoms with E-state index in [4.69, 9.17) is 0 Å². The van der Waals surface area contributed by atoms with Gasteiger partial charge in [0.05, 0.1) is 5.56 Å². The summed E-state index contributed by atoms with van der Waals surface area (Å²) in [5.41, 5.74) is 0.338. The molecule has 1 aliphatic rings. The highest BCUT2D eigenvalue weighted by molar-refractivity contribution is 9.10. The summed E-state index contributed by atoms with van der Waals surface area (Å²) in [7, 11) is 1.77. The van der Waals surface area contributed by atoms with E-state index in [1.165, 1.54) is 6.07 Å². The third kappa shape index (κ3) is 3.03. The average Bonchev–Trinajstić information content (AvgIpc) is 2.84. The molecule has 2 rings (SSSR count). The second-order valence-corrected chi connectivity index (χ2v) is 5.56. The number of phenolic OH excluding ortho intramolecular Hbond substituents is 1. The van der Waals surface area contributed by atoms with Crippen LogP contribution >= 0.6 is 15.9 Å². The lowest BCUT2D eigenvalue weighted by Gasteiger charge is -2.21. The Morgan fingerprint density at radius 3 is 3.06 bits per heavy atom. The summed E-state index contributed by atoms with van der Waals surface area (Å²) in [4.78, 5) is 13.9. The van der Waals surface area contributed by atoms with Gasteiger partial charge >= 0.3 is 0 Å². The summed E-state index contributed by atoms with van der Waals surface area (Å²) < 4.78 is 0.788. The van der Waals surface area contributed by atoms with Gasteiger partial charge in [0.1, 0.15) is 5.75 Å². The number of carbonyl (C=O) groups excluding carboxylic acids is 1. The Kier molecular flexibility index (Phi) is 4.24. The van der Waals surface area contributed by atoms with Crippen molar-refractivity contribution < 1.29 is 9.90 Å². The zero-order valence-corrected chi connectivity index (χ0v) is 11.9. The molecule has 5 heteroatoms. The molecular formula is C13H17BrN2O2. The summed E-state index contributed by atoms with van der Waals surface area (Å²) in [5, 5.41) is 13.1. The average molecular weight is 313 g/mol. The molecule has 1 saturated heterocycles. The molecule has 0 aromatic heterocycles. The number of carbonyl (C=O) groups is 1. The first-order chi connectivity index (χ1) is 8.58. The number of amides is 1. The molecule has 4 nitrogen and oxygen atoms in total. The predicted molar refractivity (Wildman–Crippen MR) is 73.8 cm³/mol. The van der Waals surface area contributed by atoms with Crippen LogP contribution in [-0.2, 0) is 0 Å². The minimum Gasteiger partial charge on any atom is -0.507 e. The molecule has 1 aromatic rings. The molecule has 1 amide bonds. The second kappa shape index (κ2) is 5.71. The van der Waals surface area contributed by atoms with Gasteiger partial charge in [-0.05, 0) is 37.6 Å². The van der Waals surface area contributed by atoms with Crippen molar-refractivity contribution in [3.8, 4) is 5.75 Å². The molecular weight excluding hydrogens is 296 g/mol. The molecule has 0 spiro atoms. The maximum Gasteiger partial charge on any atom is 0.257 e. The van der Waals surface area contributed by atoms with Crippen molar-refractivity contribution in [3.63, 3.8) is 0 Å². The van der Waals surface area contributed by atoms with Crippen LogP contribution < -0.4 is 5.32 Å². The molecule has 0 bridgehead atoms. The van der Waals surface area contributed by atoms with E-state index < -0.39 is 0 Å². The number of nitrogens with zero attached hydrogens (tertiary/aromatic N) is 1. The van der Waals surface area contributed by atoms with Crippen molar-refractivity contribution in [3.05, 3.63) is 28.2 Å². The molecule has 1 atom stereocenters. The highest BCUT2D eigenvalue weighted by Gasteiger charge is 2.21. The number of halogens is 1. The minimum atomic E-state index is -0.150. The van der Waals surface area contributed by atoms with E-state index in [0.717, 1.165) is 23.9 Å². The smallest absolute Gasteiger partial charge is 0.257 e. The van der Waals surface area contributed by atoms with Gasteiger partial charge in [0.2, 0.25) is 0 Å². The molecule has 1 aromatic carbocycles. The fourth-order valence-corrected chi connectivity index (χ4v) is 2.57. The standard InChI is InChI=1S/C13H17BrN2O2/c1-16(8-10-3-2-6-15-10)13(18)11-7-9(14)4-5-12(11)17/h4-5,7,10,15,17H,2-3,6,8H2,1H3. The van der Waals surface area contributed by atoms with E-state index in [1.807, 2.05) is 0 Å². The lowest BCUT2D eigenvalue weighted by Crippen LogP contribution is -2.38. The van der Waals surface area contributed by atoms with Crippen LogP contribution in [0, 0.1) is 0 Å². The van der Waals surface area contributed by atoms with E-state index in [9.17, 15) is 9.90 Å². The zero-order chi connectivity index (χ0) is 13.1. The molecule has 1 fully saturated rings. The van der Waals surface area contributed by atoms with Gasteiger partial charge in [0.25, 0.3) is 5.91 Å². The Morgan fingerprint density at radius 1 is 1.61 bits per heavy atom. The van der Waals surface area contributed by atoms with Gasteiger partial charge in [0, 0.05) is 24.1 Å². The Bertz CT molecular complexity index is 445. The Labute approximate surface area is 115 Å². The van der Waals surface area contributed by atoms with Gasteiger partial charge in [-0.3, -0.25) is 4.79 Å². The molecule has 1 unspecified atom stereocenters. The van der Waals surface area contributed by atoms with Crippen LogP contribution in [0.25, 0.3) is 0 Å². The first kappa shape index (κ1) is 13.4. The quantitative estimate of drug-likeness (QED) is 0.897.